The van der Waals surface area contributed by atoms with Gasteiger partial charge in [-0.1, -0.05) is 36.0 Å². The fourth-order valence-electron chi connectivity index (χ4n) is 1.65. The third-order valence-corrected chi connectivity index (χ3v) is 2.74. The highest BCUT2D eigenvalue weighted by Gasteiger charge is 2.07. The van der Waals surface area contributed by atoms with Crippen LogP contribution in [-0.4, -0.2) is 12.7 Å². The maximum atomic E-state index is 5.70. The highest BCUT2D eigenvalue weighted by Crippen LogP contribution is 2.22. The molecule has 0 aromatic heterocycles. The van der Waals surface area contributed by atoms with Crippen LogP contribution in [0.5, 0.6) is 0 Å². The molecule has 0 N–H and O–H groups in total. The van der Waals surface area contributed by atoms with Gasteiger partial charge in [-0.3, -0.25) is 0 Å². The van der Waals surface area contributed by atoms with Crippen LogP contribution in [-0.2, 0) is 4.74 Å². The molecular formula is C15H22O. The molecule has 1 rings (SSSR count). The summed E-state index contributed by atoms with van der Waals surface area (Å²) in [6, 6.07) is 0. The minimum absolute atomic E-state index is 0.282. The first kappa shape index (κ1) is 13.0. The van der Waals surface area contributed by atoms with Gasteiger partial charge < -0.3 is 4.74 Å². The Hall–Kier alpha value is -1.08. The molecule has 0 aromatic rings. The summed E-state index contributed by atoms with van der Waals surface area (Å²) in [5, 5.41) is 0. The summed E-state index contributed by atoms with van der Waals surface area (Å²) >= 11 is 0. The van der Waals surface area contributed by atoms with Crippen LogP contribution in [0.2, 0.25) is 0 Å². The molecule has 88 valence electrons. The highest BCUT2D eigenvalue weighted by atomic mass is 16.5. The lowest BCUT2D eigenvalue weighted by molar-refractivity contribution is 0.0984. The molecule has 0 spiro atoms. The standard InChI is InChI=1S/C15H22O/c1-5-13(4)15-10-8-6-7-9-14(15)11-16-12(2)3/h5-9,12H,10-11H2,1-4H3. The topological polar surface area (TPSA) is 9.23 Å². The van der Waals surface area contributed by atoms with Gasteiger partial charge in [0.2, 0.25) is 0 Å². The number of rotatable bonds is 4. The molecule has 0 heterocycles. The minimum atomic E-state index is 0.282. The molecule has 1 aliphatic rings. The Balaban J connectivity index is 2.89. The average molecular weight is 218 g/mol. The van der Waals surface area contributed by atoms with Gasteiger partial charge in [0.25, 0.3) is 0 Å². The number of ether oxygens (including phenoxy) is 1. The zero-order valence-electron chi connectivity index (χ0n) is 10.8. The first-order valence-electron chi connectivity index (χ1n) is 5.95. The first-order valence-corrected chi connectivity index (χ1v) is 5.95. The zero-order chi connectivity index (χ0) is 12.0. The third-order valence-electron chi connectivity index (χ3n) is 2.74. The summed E-state index contributed by atoms with van der Waals surface area (Å²) < 4.78 is 5.70. The molecule has 0 aliphatic heterocycles. The molecule has 0 unspecified atom stereocenters. The van der Waals surface area contributed by atoms with Gasteiger partial charge in [-0.15, -0.1) is 0 Å². The fourth-order valence-corrected chi connectivity index (χ4v) is 1.65. The van der Waals surface area contributed by atoms with Gasteiger partial charge in [-0.25, -0.2) is 0 Å². The Morgan fingerprint density at radius 2 is 2.19 bits per heavy atom. The van der Waals surface area contributed by atoms with E-state index in [9.17, 15) is 0 Å². The second-order valence-corrected chi connectivity index (χ2v) is 4.33. The molecular weight excluding hydrogens is 196 g/mol. The summed E-state index contributed by atoms with van der Waals surface area (Å²) in [5.41, 5.74) is 4.04. The Morgan fingerprint density at radius 1 is 1.44 bits per heavy atom. The summed E-state index contributed by atoms with van der Waals surface area (Å²) in [6.45, 7) is 9.10. The van der Waals surface area contributed by atoms with Crippen molar-refractivity contribution in [3.63, 3.8) is 0 Å². The zero-order valence-corrected chi connectivity index (χ0v) is 10.8. The second kappa shape index (κ2) is 6.49. The van der Waals surface area contributed by atoms with Crippen LogP contribution >= 0.6 is 0 Å². The summed E-state index contributed by atoms with van der Waals surface area (Å²) in [4.78, 5) is 0. The van der Waals surface area contributed by atoms with Crippen LogP contribution < -0.4 is 0 Å². The van der Waals surface area contributed by atoms with E-state index in [0.29, 0.717) is 6.61 Å². The monoisotopic (exact) mass is 218 g/mol. The van der Waals surface area contributed by atoms with Gasteiger partial charge in [0.05, 0.1) is 12.7 Å². The molecule has 1 aliphatic carbocycles. The molecule has 0 saturated carbocycles. The van der Waals surface area contributed by atoms with Gasteiger partial charge >= 0.3 is 0 Å². The quantitative estimate of drug-likeness (QED) is 0.687. The van der Waals surface area contributed by atoms with Crippen LogP contribution in [0.3, 0.4) is 0 Å². The van der Waals surface area contributed by atoms with Crippen LogP contribution in [0.4, 0.5) is 0 Å². The maximum absolute atomic E-state index is 5.70. The second-order valence-electron chi connectivity index (χ2n) is 4.33. The number of allylic oxidation sites excluding steroid dienone is 6. The molecule has 0 atom stereocenters. The number of hydrogen-bond donors (Lipinski definition) is 0. The average Bonchev–Trinajstić information content (AvgIpc) is 2.50. The smallest absolute Gasteiger partial charge is 0.0723 e. The van der Waals surface area contributed by atoms with Crippen molar-refractivity contribution in [1.82, 2.24) is 0 Å². The van der Waals surface area contributed by atoms with E-state index in [1.54, 1.807) is 0 Å². The molecule has 0 amide bonds. The van der Waals surface area contributed by atoms with Crippen molar-refractivity contribution >= 4 is 0 Å². The fraction of sp³-hybridized carbons (Fsp3) is 0.467. The van der Waals surface area contributed by atoms with Gasteiger partial charge in [0, 0.05) is 0 Å². The maximum Gasteiger partial charge on any atom is 0.0723 e. The van der Waals surface area contributed by atoms with E-state index < -0.39 is 0 Å². The van der Waals surface area contributed by atoms with Crippen LogP contribution in [0.25, 0.3) is 0 Å². The van der Waals surface area contributed by atoms with Crippen molar-refractivity contribution in [3.05, 3.63) is 47.1 Å². The molecule has 1 heteroatoms. The van der Waals surface area contributed by atoms with E-state index in [-0.39, 0.29) is 6.10 Å². The molecule has 16 heavy (non-hydrogen) atoms. The predicted octanol–water partition coefficient (Wildman–Crippen LogP) is 4.19. The van der Waals surface area contributed by atoms with Crippen LogP contribution in [0, 0.1) is 0 Å². The molecule has 0 fully saturated rings. The van der Waals surface area contributed by atoms with Crippen LogP contribution in [0.15, 0.2) is 47.1 Å². The Morgan fingerprint density at radius 3 is 2.81 bits per heavy atom. The minimum Gasteiger partial charge on any atom is -0.374 e. The van der Waals surface area contributed by atoms with Gasteiger partial charge in [0.15, 0.2) is 0 Å². The van der Waals surface area contributed by atoms with E-state index in [1.165, 1.54) is 16.7 Å². The molecule has 0 radical (unpaired) electrons. The summed E-state index contributed by atoms with van der Waals surface area (Å²) in [7, 11) is 0. The van der Waals surface area contributed by atoms with Crippen molar-refractivity contribution in [2.75, 3.05) is 6.61 Å². The lowest BCUT2D eigenvalue weighted by Crippen LogP contribution is -2.07. The van der Waals surface area contributed by atoms with E-state index in [4.69, 9.17) is 4.74 Å². The third kappa shape index (κ3) is 3.82. The predicted molar refractivity (Wildman–Crippen MR) is 70.4 cm³/mol. The van der Waals surface area contributed by atoms with E-state index >= 15 is 0 Å². The van der Waals surface area contributed by atoms with Crippen molar-refractivity contribution in [1.29, 1.82) is 0 Å². The van der Waals surface area contributed by atoms with Gasteiger partial charge in [-0.2, -0.15) is 0 Å². The molecule has 0 aromatic carbocycles. The van der Waals surface area contributed by atoms with Crippen molar-refractivity contribution in [2.24, 2.45) is 0 Å². The van der Waals surface area contributed by atoms with E-state index in [2.05, 4.69) is 58.1 Å². The van der Waals surface area contributed by atoms with E-state index in [1.807, 2.05) is 0 Å². The molecule has 0 bridgehead atoms. The van der Waals surface area contributed by atoms with Crippen LogP contribution in [0.1, 0.15) is 34.1 Å². The van der Waals surface area contributed by atoms with E-state index in [0.717, 1.165) is 6.42 Å². The Kier molecular flexibility index (Phi) is 5.27. The van der Waals surface area contributed by atoms with Crippen molar-refractivity contribution < 1.29 is 4.74 Å². The van der Waals surface area contributed by atoms with Gasteiger partial charge in [-0.05, 0) is 45.3 Å². The van der Waals surface area contributed by atoms with Gasteiger partial charge in [0.1, 0.15) is 0 Å². The van der Waals surface area contributed by atoms with Crippen molar-refractivity contribution in [3.8, 4) is 0 Å². The molecule has 0 saturated heterocycles. The lowest BCUT2D eigenvalue weighted by atomic mass is 9.98. The summed E-state index contributed by atoms with van der Waals surface area (Å²) in [6.07, 6.45) is 12.0. The lowest BCUT2D eigenvalue weighted by Gasteiger charge is -2.13. The highest BCUT2D eigenvalue weighted by molar-refractivity contribution is 5.43. The summed E-state index contributed by atoms with van der Waals surface area (Å²) in [5.74, 6) is 0. The Labute approximate surface area is 99.2 Å². The Bertz CT molecular complexity index is 340. The number of hydrogen-bond acceptors (Lipinski definition) is 1. The largest absolute Gasteiger partial charge is 0.374 e. The normalized spacial score (nSPS) is 17.2. The van der Waals surface area contributed by atoms with Crippen molar-refractivity contribution in [2.45, 2.75) is 40.2 Å². The molecule has 1 nitrogen and oxygen atoms in total. The SMILES string of the molecule is CC=C(C)C1=C(COC(C)C)C=CC=CC1. The first-order chi connectivity index (χ1) is 7.65.